The normalized spacial score (nSPS) is 11.1. The second-order valence-electron chi connectivity index (χ2n) is 7.11. The second kappa shape index (κ2) is 9.93. The fourth-order valence-corrected chi connectivity index (χ4v) is 4.71. The van der Waals surface area contributed by atoms with Crippen LogP contribution in [0.15, 0.2) is 59.0 Å². The Labute approximate surface area is 188 Å². The molecule has 0 saturated heterocycles. The Morgan fingerprint density at radius 2 is 2.10 bits per heavy atom. The number of nitrogens with zero attached hydrogens (tertiary/aromatic N) is 4. The van der Waals surface area contributed by atoms with E-state index >= 15 is 0 Å². The Morgan fingerprint density at radius 1 is 1.26 bits per heavy atom. The molecule has 1 aromatic carbocycles. The molecule has 0 bridgehead atoms. The SMILES string of the molecule is Cc1nn(-c2ccccc2)cc1CCCNC(=O)CSCc1cc(=O)n2ccsc2n1. The predicted octanol–water partition coefficient (Wildman–Crippen LogP) is 3.23. The molecule has 1 N–H and O–H groups in total. The molecule has 0 atom stereocenters. The van der Waals surface area contributed by atoms with Gasteiger partial charge in [0.25, 0.3) is 5.56 Å². The van der Waals surface area contributed by atoms with Gasteiger partial charge in [-0.05, 0) is 37.5 Å². The molecule has 0 radical (unpaired) electrons. The number of benzene rings is 1. The van der Waals surface area contributed by atoms with Gasteiger partial charge in [0.15, 0.2) is 4.96 Å². The van der Waals surface area contributed by atoms with Gasteiger partial charge in [0.1, 0.15) is 0 Å². The summed E-state index contributed by atoms with van der Waals surface area (Å²) >= 11 is 2.89. The van der Waals surface area contributed by atoms with E-state index in [2.05, 4.69) is 21.6 Å². The molecular weight excluding hydrogens is 430 g/mol. The zero-order valence-electron chi connectivity index (χ0n) is 17.2. The van der Waals surface area contributed by atoms with Crippen molar-refractivity contribution in [1.29, 1.82) is 0 Å². The number of carbonyl (C=O) groups is 1. The fraction of sp³-hybridized carbons (Fsp3) is 0.273. The zero-order chi connectivity index (χ0) is 21.6. The van der Waals surface area contributed by atoms with Crippen molar-refractivity contribution in [1.82, 2.24) is 24.5 Å². The molecule has 3 heterocycles. The van der Waals surface area contributed by atoms with Crippen molar-refractivity contribution < 1.29 is 4.79 Å². The van der Waals surface area contributed by atoms with E-state index in [-0.39, 0.29) is 11.5 Å². The second-order valence-corrected chi connectivity index (χ2v) is 8.97. The maximum Gasteiger partial charge on any atom is 0.258 e. The van der Waals surface area contributed by atoms with Crippen molar-refractivity contribution in [2.45, 2.75) is 25.5 Å². The summed E-state index contributed by atoms with van der Waals surface area (Å²) in [7, 11) is 0. The highest BCUT2D eigenvalue weighted by Gasteiger charge is 2.08. The Kier molecular flexibility index (Phi) is 6.83. The number of thioether (sulfide) groups is 1. The van der Waals surface area contributed by atoms with Crippen LogP contribution in [-0.2, 0) is 17.0 Å². The van der Waals surface area contributed by atoms with Gasteiger partial charge in [0.2, 0.25) is 5.91 Å². The maximum absolute atomic E-state index is 12.1. The molecule has 160 valence electrons. The first-order chi connectivity index (χ1) is 15.1. The average Bonchev–Trinajstić information content (AvgIpc) is 3.39. The smallest absolute Gasteiger partial charge is 0.258 e. The Morgan fingerprint density at radius 3 is 2.94 bits per heavy atom. The molecule has 0 aliphatic heterocycles. The molecule has 0 aliphatic carbocycles. The number of aromatic nitrogens is 4. The Bertz CT molecular complexity index is 1230. The van der Waals surface area contributed by atoms with Gasteiger partial charge in [-0.2, -0.15) is 5.10 Å². The van der Waals surface area contributed by atoms with Crippen LogP contribution in [0.2, 0.25) is 0 Å². The van der Waals surface area contributed by atoms with Crippen LogP contribution in [0.4, 0.5) is 0 Å². The molecule has 0 unspecified atom stereocenters. The van der Waals surface area contributed by atoms with E-state index in [1.165, 1.54) is 39.1 Å². The van der Waals surface area contributed by atoms with Crippen LogP contribution in [0.1, 0.15) is 23.4 Å². The van der Waals surface area contributed by atoms with Crippen LogP contribution in [0.3, 0.4) is 0 Å². The first-order valence-electron chi connectivity index (χ1n) is 10.0. The van der Waals surface area contributed by atoms with Gasteiger partial charge in [0, 0.05) is 36.1 Å². The highest BCUT2D eigenvalue weighted by molar-refractivity contribution is 7.99. The lowest BCUT2D eigenvalue weighted by atomic mass is 10.1. The topological polar surface area (TPSA) is 81.3 Å². The molecular formula is C22H23N5O2S2. The first-order valence-corrected chi connectivity index (χ1v) is 12.0. The molecule has 0 saturated carbocycles. The average molecular weight is 454 g/mol. The summed E-state index contributed by atoms with van der Waals surface area (Å²) in [6.07, 6.45) is 5.49. The predicted molar refractivity (Wildman–Crippen MR) is 125 cm³/mol. The van der Waals surface area contributed by atoms with E-state index in [9.17, 15) is 9.59 Å². The fourth-order valence-electron chi connectivity index (χ4n) is 3.22. The third kappa shape index (κ3) is 5.42. The van der Waals surface area contributed by atoms with Crippen LogP contribution in [0.5, 0.6) is 0 Å². The van der Waals surface area contributed by atoms with Crippen molar-refractivity contribution in [2.24, 2.45) is 0 Å². The Balaban J connectivity index is 1.18. The molecule has 7 nitrogen and oxygen atoms in total. The summed E-state index contributed by atoms with van der Waals surface area (Å²) in [5, 5.41) is 9.38. The van der Waals surface area contributed by atoms with Crippen LogP contribution in [-0.4, -0.2) is 37.4 Å². The lowest BCUT2D eigenvalue weighted by Crippen LogP contribution is -2.26. The van der Waals surface area contributed by atoms with Gasteiger partial charge in [0.05, 0.1) is 22.8 Å². The molecule has 4 rings (SSSR count). The number of carbonyl (C=O) groups excluding carboxylic acids is 1. The van der Waals surface area contributed by atoms with Crippen molar-refractivity contribution in [2.75, 3.05) is 12.3 Å². The van der Waals surface area contributed by atoms with Crippen molar-refractivity contribution in [3.63, 3.8) is 0 Å². The van der Waals surface area contributed by atoms with Gasteiger partial charge >= 0.3 is 0 Å². The van der Waals surface area contributed by atoms with Gasteiger partial charge in [-0.1, -0.05) is 18.2 Å². The standard InChI is InChI=1S/C22H23N5O2S2/c1-16-17(13-27(25-16)19-7-3-2-4-8-19)6-5-9-23-20(28)15-30-14-18-12-21(29)26-10-11-31-22(26)24-18/h2-4,7-8,10-13H,5-6,9,14-15H2,1H3,(H,23,28). The molecule has 0 fully saturated rings. The highest BCUT2D eigenvalue weighted by atomic mass is 32.2. The quantitative estimate of drug-likeness (QED) is 0.394. The van der Waals surface area contributed by atoms with Gasteiger partial charge in [-0.25, -0.2) is 9.67 Å². The number of aryl methyl sites for hydroxylation is 2. The number of amides is 1. The minimum absolute atomic E-state index is 0.00405. The van der Waals surface area contributed by atoms with Crippen LogP contribution < -0.4 is 10.9 Å². The third-order valence-corrected chi connectivity index (χ3v) is 6.53. The lowest BCUT2D eigenvalue weighted by molar-refractivity contribution is -0.118. The maximum atomic E-state index is 12.1. The number of rotatable bonds is 9. The summed E-state index contributed by atoms with van der Waals surface area (Å²) in [6, 6.07) is 11.6. The Hall–Kier alpha value is -2.91. The van der Waals surface area contributed by atoms with E-state index in [0.29, 0.717) is 28.7 Å². The van der Waals surface area contributed by atoms with Crippen LogP contribution in [0, 0.1) is 6.92 Å². The van der Waals surface area contributed by atoms with Gasteiger partial charge in [-0.15, -0.1) is 23.1 Å². The molecule has 1 amide bonds. The van der Waals surface area contributed by atoms with Crippen molar-refractivity contribution >= 4 is 34.0 Å². The molecule has 4 aromatic rings. The van der Waals surface area contributed by atoms with E-state index < -0.39 is 0 Å². The number of hydrogen-bond donors (Lipinski definition) is 1. The summed E-state index contributed by atoms with van der Waals surface area (Å²) in [5.41, 5.74) is 3.86. The van der Waals surface area contributed by atoms with Crippen LogP contribution in [0.25, 0.3) is 10.6 Å². The molecule has 0 spiro atoms. The largest absolute Gasteiger partial charge is 0.355 e. The van der Waals surface area contributed by atoms with Crippen molar-refractivity contribution in [3.8, 4) is 5.69 Å². The van der Waals surface area contributed by atoms with E-state index in [1.807, 2.05) is 47.3 Å². The zero-order valence-corrected chi connectivity index (χ0v) is 18.8. The number of fused-ring (bicyclic) bond motifs is 1. The number of para-hydroxylation sites is 1. The third-order valence-electron chi connectivity index (χ3n) is 4.81. The van der Waals surface area contributed by atoms with Gasteiger partial charge < -0.3 is 5.32 Å². The van der Waals surface area contributed by atoms with Crippen LogP contribution >= 0.6 is 23.1 Å². The van der Waals surface area contributed by atoms with Gasteiger partial charge in [-0.3, -0.25) is 14.0 Å². The number of thiazole rings is 1. The molecule has 3 aromatic heterocycles. The summed E-state index contributed by atoms with van der Waals surface area (Å²) in [5.74, 6) is 0.876. The first kappa shape index (κ1) is 21.3. The molecule has 9 heteroatoms. The summed E-state index contributed by atoms with van der Waals surface area (Å²) < 4.78 is 3.42. The van der Waals surface area contributed by atoms with Crippen molar-refractivity contribution in [3.05, 3.63) is 81.5 Å². The minimum Gasteiger partial charge on any atom is -0.355 e. The summed E-state index contributed by atoms with van der Waals surface area (Å²) in [6.45, 7) is 2.63. The number of hydrogen-bond acceptors (Lipinski definition) is 6. The van der Waals surface area contributed by atoms with E-state index in [1.54, 1.807) is 6.20 Å². The monoisotopic (exact) mass is 453 g/mol. The number of nitrogens with one attached hydrogen (secondary N) is 1. The van der Waals surface area contributed by atoms with E-state index in [0.717, 1.165) is 24.2 Å². The lowest BCUT2D eigenvalue weighted by Gasteiger charge is -2.05. The highest BCUT2D eigenvalue weighted by Crippen LogP contribution is 2.14. The van der Waals surface area contributed by atoms with E-state index in [4.69, 9.17) is 0 Å². The molecule has 0 aliphatic rings. The molecule has 31 heavy (non-hydrogen) atoms. The summed E-state index contributed by atoms with van der Waals surface area (Å²) in [4.78, 5) is 29.2. The minimum atomic E-state index is -0.0859.